The van der Waals surface area contributed by atoms with Gasteiger partial charge in [-0.1, -0.05) is 431 Å². The first-order chi connectivity index (χ1) is 69.9. The smallest absolute Gasteiger partial charge is 0.0547 e. The predicted molar refractivity (Wildman–Crippen MR) is 603 cm³/mol. The molecule has 29 aromatic rings. The summed E-state index contributed by atoms with van der Waals surface area (Å²) < 4.78 is 7.31. The summed E-state index contributed by atoms with van der Waals surface area (Å²) in [6.07, 6.45) is 0. The molecule has 29 rings (SSSR count). The third-order valence-corrected chi connectivity index (χ3v) is 29.2. The summed E-state index contributed by atoms with van der Waals surface area (Å²) in [5.41, 5.74) is 30.2. The van der Waals surface area contributed by atoms with Crippen LogP contribution in [0, 0.1) is 0 Å². The van der Waals surface area contributed by atoms with Crippen LogP contribution in [-0.2, 0) is 0 Å². The predicted octanol–water partition coefficient (Wildman–Crippen LogP) is 38.1. The Morgan fingerprint density at radius 2 is 0.319 bits per heavy atom. The molecule has 0 fully saturated rings. The van der Waals surface area contributed by atoms with Crippen molar-refractivity contribution in [1.82, 2.24) is 13.7 Å². The molecule has 0 spiro atoms. The van der Waals surface area contributed by atoms with E-state index in [9.17, 15) is 0 Å². The Morgan fingerprint density at radius 3 is 0.716 bits per heavy atom. The second kappa shape index (κ2) is 34.4. The zero-order valence-corrected chi connectivity index (χ0v) is 77.2. The number of hydrogen-bond acceptors (Lipinski definition) is 0. The van der Waals surface area contributed by atoms with Crippen molar-refractivity contribution in [3.8, 4) is 106 Å². The van der Waals surface area contributed by atoms with Crippen molar-refractivity contribution in [3.05, 3.63) is 540 Å². The van der Waals surface area contributed by atoms with Crippen LogP contribution in [0.3, 0.4) is 0 Å². The number of aromatic nitrogens is 3. The van der Waals surface area contributed by atoms with Crippen LogP contribution < -0.4 is 0 Å². The van der Waals surface area contributed by atoms with Crippen molar-refractivity contribution in [1.29, 1.82) is 0 Å². The maximum absolute atomic E-state index is 2.46. The maximum atomic E-state index is 2.46. The van der Waals surface area contributed by atoms with Crippen LogP contribution in [0.5, 0.6) is 0 Å². The molecule has 3 heterocycles. The van der Waals surface area contributed by atoms with Crippen LogP contribution in [0.1, 0.15) is 0 Å². The summed E-state index contributed by atoms with van der Waals surface area (Å²) in [7, 11) is 0. The van der Waals surface area contributed by atoms with Crippen LogP contribution in [-0.4, -0.2) is 13.7 Å². The number of benzene rings is 26. The summed E-state index contributed by atoms with van der Waals surface area (Å²) in [4.78, 5) is 0. The molecular weight excluding hydrogens is 1700 g/mol. The van der Waals surface area contributed by atoms with Crippen LogP contribution in [0.4, 0.5) is 0 Å². The Kier molecular flexibility index (Phi) is 20.0. The summed E-state index contributed by atoms with van der Waals surface area (Å²) in [5.74, 6) is 0. The Hall–Kier alpha value is -18.5. The van der Waals surface area contributed by atoms with Gasteiger partial charge in [-0.3, -0.25) is 0 Å². The van der Waals surface area contributed by atoms with Gasteiger partial charge >= 0.3 is 0 Å². The van der Waals surface area contributed by atoms with Crippen LogP contribution >= 0.6 is 0 Å². The van der Waals surface area contributed by atoms with Crippen LogP contribution in [0.2, 0.25) is 0 Å². The molecule has 0 amide bonds. The third kappa shape index (κ3) is 14.2. The van der Waals surface area contributed by atoms with Crippen molar-refractivity contribution >= 4 is 162 Å². The highest BCUT2D eigenvalue weighted by Crippen LogP contribution is 2.48. The molecule has 0 aliphatic carbocycles. The van der Waals surface area contributed by atoms with Gasteiger partial charge in [-0.15, -0.1) is 0 Å². The molecule has 0 unspecified atom stereocenters. The summed E-state index contributed by atoms with van der Waals surface area (Å²) in [6, 6.07) is 197. The molecule has 0 saturated heterocycles. The van der Waals surface area contributed by atoms with E-state index in [0.29, 0.717) is 0 Å². The zero-order chi connectivity index (χ0) is 93.0. The highest BCUT2D eigenvalue weighted by Gasteiger charge is 2.24. The minimum absolute atomic E-state index is 1.15. The molecule has 0 radical (unpaired) electrons. The molecular formula is C138H89N3. The second-order valence-electron chi connectivity index (χ2n) is 37.2. The van der Waals surface area contributed by atoms with Crippen molar-refractivity contribution in [3.63, 3.8) is 0 Å². The van der Waals surface area contributed by atoms with Gasteiger partial charge in [0, 0.05) is 49.4 Å². The topological polar surface area (TPSA) is 14.8 Å². The molecule has 0 aliphatic heterocycles. The van der Waals surface area contributed by atoms with Gasteiger partial charge in [0.1, 0.15) is 0 Å². The molecule has 656 valence electrons. The fourth-order valence-corrected chi connectivity index (χ4v) is 22.8. The molecule has 0 N–H and O–H groups in total. The Morgan fingerprint density at radius 1 is 0.0922 bits per heavy atom. The van der Waals surface area contributed by atoms with E-state index < -0.39 is 0 Å². The highest BCUT2D eigenvalue weighted by molar-refractivity contribution is 6.29. The first-order valence-electron chi connectivity index (χ1n) is 48.7. The SMILES string of the molecule is c1ccc(-c2cc(-c3ccccc3)cc(-n3c4ccccc4c4c(-c5ccc6c7ccccc7c7ccccc7c6c5)cccc43)c2)cc1.c1ccc(-c2cc(-c3ccccc3)cc(-n3c4ccccc4c4cc(-c5ccc6c7ccccc7c7ccccc7c6c5)ccc43)c2)cc1.c1ccc(-c2cccc(-n3c4ccccc4c4ccc(-c5ccc6c7ccccc7c7ccccc7c6c5)cc43)c2)cc1. The Balaban J connectivity index is 0.000000106. The molecule has 141 heavy (non-hydrogen) atoms. The molecule has 26 aromatic carbocycles. The quantitative estimate of drug-likeness (QED) is 0.115. The van der Waals surface area contributed by atoms with Gasteiger partial charge in [-0.05, 0) is 295 Å². The van der Waals surface area contributed by atoms with Crippen LogP contribution in [0.15, 0.2) is 540 Å². The molecule has 3 aromatic heterocycles. The number of fused-ring (bicyclic) bond motifs is 27. The van der Waals surface area contributed by atoms with Crippen molar-refractivity contribution in [2.24, 2.45) is 0 Å². The molecule has 0 atom stereocenters. The lowest BCUT2D eigenvalue weighted by Gasteiger charge is -2.14. The standard InChI is InChI=1S/2C48H31N.C42H27N/c1-3-14-32(15-4-1)35-28-36(33-16-5-2-6-17-33)30-37(29-35)49-46-24-12-11-22-44(46)48-38(23-13-25-47(48)49)34-26-27-43-41-20-8-7-18-39(41)40-19-9-10-21-42(40)45(43)31-34;1-3-13-32(14-4-1)36-27-37(33-15-5-2-6-16-33)29-38(28-36)49-47-22-12-11-21-44(47)46-31-35(24-26-48(46)49)34-23-25-43-41-19-8-7-17-39(41)40-18-9-10-20-42(40)45(43)30-34;1-2-11-28(12-3-1)29-13-10-14-32(25-29)43-41-20-9-8-19-38(41)39-24-22-31(27-42(39)43)30-21-23-37-35-17-5-4-15-33(35)34-16-6-7-18-36(34)40(37)26-30/h2*1-31H;1-27H. The average Bonchev–Trinajstić information content (AvgIpc) is 1.65. The average molecular weight is 1790 g/mol. The van der Waals surface area contributed by atoms with Crippen molar-refractivity contribution in [2.45, 2.75) is 0 Å². The van der Waals surface area contributed by atoms with E-state index in [2.05, 4.69) is 554 Å². The van der Waals surface area contributed by atoms with E-state index in [1.165, 1.54) is 257 Å². The van der Waals surface area contributed by atoms with Gasteiger partial charge in [0.15, 0.2) is 0 Å². The Bertz CT molecular complexity index is 9820. The molecule has 0 saturated carbocycles. The molecule has 3 nitrogen and oxygen atoms in total. The number of para-hydroxylation sites is 3. The summed E-state index contributed by atoms with van der Waals surface area (Å²) in [6.45, 7) is 0. The first-order valence-corrected chi connectivity index (χ1v) is 48.7. The minimum atomic E-state index is 1.15. The van der Waals surface area contributed by atoms with E-state index in [4.69, 9.17) is 0 Å². The van der Waals surface area contributed by atoms with Gasteiger partial charge in [-0.25, -0.2) is 0 Å². The summed E-state index contributed by atoms with van der Waals surface area (Å²) in [5, 5.41) is 30.9. The maximum Gasteiger partial charge on any atom is 0.0547 e. The van der Waals surface area contributed by atoms with Crippen molar-refractivity contribution in [2.75, 3.05) is 0 Å². The highest BCUT2D eigenvalue weighted by atomic mass is 15.0. The van der Waals surface area contributed by atoms with E-state index in [1.807, 2.05) is 0 Å². The van der Waals surface area contributed by atoms with Gasteiger partial charge in [0.2, 0.25) is 0 Å². The lowest BCUT2D eigenvalue weighted by molar-refractivity contribution is 1.18. The molecule has 0 aliphatic rings. The van der Waals surface area contributed by atoms with E-state index in [-0.39, 0.29) is 0 Å². The van der Waals surface area contributed by atoms with Gasteiger partial charge in [0.25, 0.3) is 0 Å². The van der Waals surface area contributed by atoms with E-state index >= 15 is 0 Å². The largest absolute Gasteiger partial charge is 0.309 e. The molecule has 3 heteroatoms. The summed E-state index contributed by atoms with van der Waals surface area (Å²) >= 11 is 0. The second-order valence-corrected chi connectivity index (χ2v) is 37.2. The lowest BCUT2D eigenvalue weighted by atomic mass is 9.91. The normalized spacial score (nSPS) is 11.7. The zero-order valence-electron chi connectivity index (χ0n) is 77.2. The fourth-order valence-electron chi connectivity index (χ4n) is 22.8. The van der Waals surface area contributed by atoms with E-state index in [1.54, 1.807) is 0 Å². The van der Waals surface area contributed by atoms with E-state index in [0.717, 1.165) is 11.4 Å². The number of hydrogen-bond donors (Lipinski definition) is 0. The Labute approximate surface area is 816 Å². The number of nitrogens with zero attached hydrogens (tertiary/aromatic N) is 3. The van der Waals surface area contributed by atoms with Gasteiger partial charge in [0.05, 0.1) is 33.1 Å². The fraction of sp³-hybridized carbons (Fsp3) is 0. The lowest BCUT2D eigenvalue weighted by Crippen LogP contribution is -1.96. The monoisotopic (exact) mass is 1790 g/mol. The van der Waals surface area contributed by atoms with Crippen LogP contribution in [0.25, 0.3) is 268 Å². The first kappa shape index (κ1) is 82.0. The van der Waals surface area contributed by atoms with Gasteiger partial charge < -0.3 is 13.7 Å². The number of rotatable bonds is 11. The third-order valence-electron chi connectivity index (χ3n) is 29.2. The van der Waals surface area contributed by atoms with Crippen molar-refractivity contribution < 1.29 is 0 Å². The minimum Gasteiger partial charge on any atom is -0.309 e. The molecule has 0 bridgehead atoms. The van der Waals surface area contributed by atoms with Gasteiger partial charge in [-0.2, -0.15) is 0 Å².